The van der Waals surface area contributed by atoms with E-state index in [1.54, 1.807) is 4.90 Å². The van der Waals surface area contributed by atoms with Gasteiger partial charge in [0, 0.05) is 26.2 Å². The molecule has 5 heteroatoms. The van der Waals surface area contributed by atoms with E-state index in [1.807, 2.05) is 11.8 Å². The molecule has 0 radical (unpaired) electrons. The summed E-state index contributed by atoms with van der Waals surface area (Å²) in [5.74, 6) is -0.386. The Bertz CT molecular complexity index is 345. The summed E-state index contributed by atoms with van der Waals surface area (Å²) in [5.41, 5.74) is 0. The predicted octanol–water partition coefficient (Wildman–Crippen LogP) is 2.37. The van der Waals surface area contributed by atoms with E-state index in [0.717, 1.165) is 13.1 Å². The van der Waals surface area contributed by atoms with Gasteiger partial charge in [-0.3, -0.25) is 4.79 Å². The van der Waals surface area contributed by atoms with Crippen LogP contribution in [0.25, 0.3) is 0 Å². The van der Waals surface area contributed by atoms with E-state index in [-0.39, 0.29) is 11.9 Å². The second-order valence-corrected chi connectivity index (χ2v) is 6.80. The number of carbonyl (C=O) groups is 2. The van der Waals surface area contributed by atoms with Gasteiger partial charge in [0.05, 0.1) is 5.92 Å². The van der Waals surface area contributed by atoms with E-state index in [1.165, 1.54) is 0 Å². The van der Waals surface area contributed by atoms with Crippen molar-refractivity contribution in [1.82, 2.24) is 9.80 Å². The standard InChI is InChI=1S/C15H28N2O3/c1-10(2)6-16(7-11(3)4)15(20)17-8-12(5)13(9-17)14(18)19/h10-13H,6-9H2,1-5H3,(H,18,19)/t12-,13-/m1/s1. The third-order valence-electron chi connectivity index (χ3n) is 3.64. The van der Waals surface area contributed by atoms with E-state index >= 15 is 0 Å². The van der Waals surface area contributed by atoms with Gasteiger partial charge >= 0.3 is 12.0 Å². The summed E-state index contributed by atoms with van der Waals surface area (Å²) < 4.78 is 0. The number of aliphatic carboxylic acids is 1. The molecule has 2 amide bonds. The fourth-order valence-corrected chi connectivity index (χ4v) is 2.76. The van der Waals surface area contributed by atoms with Gasteiger partial charge in [-0.25, -0.2) is 4.79 Å². The molecule has 5 nitrogen and oxygen atoms in total. The van der Waals surface area contributed by atoms with Crippen molar-refractivity contribution in [3.63, 3.8) is 0 Å². The van der Waals surface area contributed by atoms with Crippen LogP contribution in [0.15, 0.2) is 0 Å². The number of nitrogens with zero attached hydrogens (tertiary/aromatic N) is 2. The summed E-state index contributed by atoms with van der Waals surface area (Å²) >= 11 is 0. The number of carboxylic acid groups (broad SMARTS) is 1. The van der Waals surface area contributed by atoms with Gasteiger partial charge in [0.2, 0.25) is 0 Å². The Morgan fingerprint density at radius 3 is 2.00 bits per heavy atom. The first-order valence-electron chi connectivity index (χ1n) is 7.49. The van der Waals surface area contributed by atoms with Gasteiger partial charge in [0.15, 0.2) is 0 Å². The third-order valence-corrected chi connectivity index (χ3v) is 3.64. The Hall–Kier alpha value is -1.26. The van der Waals surface area contributed by atoms with Crippen molar-refractivity contribution >= 4 is 12.0 Å². The molecule has 1 aliphatic rings. The van der Waals surface area contributed by atoms with Gasteiger partial charge in [-0.2, -0.15) is 0 Å². The molecular formula is C15H28N2O3. The molecule has 0 bridgehead atoms. The van der Waals surface area contributed by atoms with Gasteiger partial charge in [-0.1, -0.05) is 34.6 Å². The van der Waals surface area contributed by atoms with Gasteiger partial charge < -0.3 is 14.9 Å². The molecule has 1 N–H and O–H groups in total. The number of carboxylic acids is 1. The Kier molecular flexibility index (Phi) is 5.84. The molecular weight excluding hydrogens is 256 g/mol. The number of carbonyl (C=O) groups excluding carboxylic acids is 1. The van der Waals surface area contributed by atoms with Crippen LogP contribution in [0.3, 0.4) is 0 Å². The SMILES string of the molecule is CC(C)CN(CC(C)C)C(=O)N1C[C@@H](C)[C@H](C(=O)O)C1. The highest BCUT2D eigenvalue weighted by Gasteiger charge is 2.38. The first kappa shape index (κ1) is 16.8. The summed E-state index contributed by atoms with van der Waals surface area (Å²) in [7, 11) is 0. The largest absolute Gasteiger partial charge is 0.481 e. The zero-order valence-corrected chi connectivity index (χ0v) is 13.3. The fraction of sp³-hybridized carbons (Fsp3) is 0.867. The van der Waals surface area contributed by atoms with E-state index in [2.05, 4.69) is 27.7 Å². The van der Waals surface area contributed by atoms with Crippen LogP contribution in [0.4, 0.5) is 4.79 Å². The van der Waals surface area contributed by atoms with E-state index in [0.29, 0.717) is 24.9 Å². The Balaban J connectivity index is 2.72. The zero-order chi connectivity index (χ0) is 15.4. The first-order valence-corrected chi connectivity index (χ1v) is 7.49. The average Bonchev–Trinajstić information content (AvgIpc) is 2.68. The molecule has 0 aliphatic carbocycles. The van der Waals surface area contributed by atoms with Crippen LogP contribution in [-0.2, 0) is 4.79 Å². The molecule has 1 saturated heterocycles. The predicted molar refractivity (Wildman–Crippen MR) is 78.5 cm³/mol. The second-order valence-electron chi connectivity index (χ2n) is 6.80. The van der Waals surface area contributed by atoms with Crippen LogP contribution in [-0.4, -0.2) is 53.1 Å². The molecule has 20 heavy (non-hydrogen) atoms. The molecule has 1 aliphatic heterocycles. The molecule has 0 aromatic rings. The molecule has 0 unspecified atom stereocenters. The highest BCUT2D eigenvalue weighted by atomic mass is 16.4. The number of hydrogen-bond acceptors (Lipinski definition) is 2. The normalized spacial score (nSPS) is 22.6. The molecule has 0 aromatic carbocycles. The average molecular weight is 284 g/mol. The third kappa shape index (κ3) is 4.39. The smallest absolute Gasteiger partial charge is 0.320 e. The van der Waals surface area contributed by atoms with Crippen molar-refractivity contribution in [3.8, 4) is 0 Å². The molecule has 0 aromatic heterocycles. The van der Waals surface area contributed by atoms with Crippen molar-refractivity contribution < 1.29 is 14.7 Å². The van der Waals surface area contributed by atoms with E-state index in [9.17, 15) is 9.59 Å². The zero-order valence-electron chi connectivity index (χ0n) is 13.3. The van der Waals surface area contributed by atoms with Crippen molar-refractivity contribution in [2.45, 2.75) is 34.6 Å². The summed E-state index contributed by atoms with van der Waals surface area (Å²) in [5, 5.41) is 9.16. The van der Waals surface area contributed by atoms with Crippen molar-refractivity contribution in [2.24, 2.45) is 23.7 Å². The molecule has 1 fully saturated rings. The minimum Gasteiger partial charge on any atom is -0.481 e. The molecule has 1 rings (SSSR count). The summed E-state index contributed by atoms with van der Waals surface area (Å²) in [6, 6.07) is -0.0111. The second kappa shape index (κ2) is 6.95. The molecule has 0 spiro atoms. The van der Waals surface area contributed by atoms with Crippen LogP contribution in [0, 0.1) is 23.7 Å². The molecule has 0 saturated carbocycles. The van der Waals surface area contributed by atoms with Crippen molar-refractivity contribution in [3.05, 3.63) is 0 Å². The van der Waals surface area contributed by atoms with Gasteiger partial charge in [0.1, 0.15) is 0 Å². The van der Waals surface area contributed by atoms with Crippen molar-refractivity contribution in [1.29, 1.82) is 0 Å². The van der Waals surface area contributed by atoms with Crippen LogP contribution >= 0.6 is 0 Å². The van der Waals surface area contributed by atoms with Crippen LogP contribution in [0.1, 0.15) is 34.6 Å². The number of urea groups is 1. The van der Waals surface area contributed by atoms with Crippen molar-refractivity contribution in [2.75, 3.05) is 26.2 Å². The lowest BCUT2D eigenvalue weighted by atomic mass is 9.99. The molecule has 2 atom stereocenters. The lowest BCUT2D eigenvalue weighted by Gasteiger charge is -2.30. The lowest BCUT2D eigenvalue weighted by molar-refractivity contribution is -0.142. The maximum absolute atomic E-state index is 12.6. The van der Waals surface area contributed by atoms with E-state index in [4.69, 9.17) is 5.11 Å². The summed E-state index contributed by atoms with van der Waals surface area (Å²) in [4.78, 5) is 27.3. The number of hydrogen-bond donors (Lipinski definition) is 1. The van der Waals surface area contributed by atoms with Gasteiger partial charge in [0.25, 0.3) is 0 Å². The monoisotopic (exact) mass is 284 g/mol. The fourth-order valence-electron chi connectivity index (χ4n) is 2.76. The topological polar surface area (TPSA) is 60.9 Å². The Morgan fingerprint density at radius 2 is 1.65 bits per heavy atom. The quantitative estimate of drug-likeness (QED) is 0.843. The van der Waals surface area contributed by atoms with Crippen LogP contribution in [0.2, 0.25) is 0 Å². The summed E-state index contributed by atoms with van der Waals surface area (Å²) in [6.07, 6.45) is 0. The Labute approximate surface area is 121 Å². The van der Waals surface area contributed by atoms with E-state index < -0.39 is 11.9 Å². The molecule has 116 valence electrons. The highest BCUT2D eigenvalue weighted by molar-refractivity contribution is 5.77. The number of rotatable bonds is 5. The lowest BCUT2D eigenvalue weighted by Crippen LogP contribution is -2.45. The first-order chi connectivity index (χ1) is 9.22. The maximum Gasteiger partial charge on any atom is 0.320 e. The van der Waals surface area contributed by atoms with Crippen LogP contribution < -0.4 is 0 Å². The maximum atomic E-state index is 12.6. The Morgan fingerprint density at radius 1 is 1.15 bits per heavy atom. The van der Waals surface area contributed by atoms with Gasteiger partial charge in [-0.15, -0.1) is 0 Å². The van der Waals surface area contributed by atoms with Crippen LogP contribution in [0.5, 0.6) is 0 Å². The molecule has 1 heterocycles. The summed E-state index contributed by atoms with van der Waals surface area (Å²) in [6.45, 7) is 12.6. The minimum absolute atomic E-state index is 0.0111. The minimum atomic E-state index is -0.799. The highest BCUT2D eigenvalue weighted by Crippen LogP contribution is 2.24. The number of likely N-dealkylation sites (tertiary alicyclic amines) is 1. The number of amides is 2. The van der Waals surface area contributed by atoms with Gasteiger partial charge in [-0.05, 0) is 17.8 Å².